The zero-order valence-electron chi connectivity index (χ0n) is 10.6. The smallest absolute Gasteiger partial charge is 0.278 e. The highest BCUT2D eigenvalue weighted by Crippen LogP contribution is 2.27. The van der Waals surface area contributed by atoms with Gasteiger partial charge in [-0.3, -0.25) is 10.1 Å². The lowest BCUT2D eigenvalue weighted by Crippen LogP contribution is -2.09. The number of anilines is 1. The van der Waals surface area contributed by atoms with Crippen LogP contribution in [0.3, 0.4) is 0 Å². The molecular weight excluding hydrogens is 280 g/mol. The third kappa shape index (κ3) is 3.37. The number of hydrogen-bond acceptors (Lipinski definition) is 7. The van der Waals surface area contributed by atoms with Crippen molar-refractivity contribution in [1.82, 2.24) is 4.98 Å². The van der Waals surface area contributed by atoms with Crippen molar-refractivity contribution in [1.29, 1.82) is 0 Å². The van der Waals surface area contributed by atoms with Gasteiger partial charge >= 0.3 is 0 Å². The number of benzene rings is 1. The average molecular weight is 292 g/mol. The number of ether oxygens (including phenoxy) is 1. The zero-order valence-corrected chi connectivity index (χ0v) is 11.4. The molecular formula is C12H12N4O3S. The van der Waals surface area contributed by atoms with E-state index in [2.05, 4.69) is 10.4 Å². The molecule has 0 aliphatic heterocycles. The second-order valence-corrected chi connectivity index (χ2v) is 4.61. The number of nitrogens with zero attached hydrogens (tertiary/aromatic N) is 2. The topological polar surface area (TPSA) is 103 Å². The molecule has 1 heterocycles. The molecule has 0 aliphatic rings. The second kappa shape index (κ2) is 6.22. The van der Waals surface area contributed by atoms with Crippen molar-refractivity contribution in [3.8, 4) is 11.6 Å². The number of aromatic nitrogens is 1. The lowest BCUT2D eigenvalue weighted by atomic mass is 10.3. The first kappa shape index (κ1) is 14.1. The fourth-order valence-corrected chi connectivity index (χ4v) is 1.90. The molecule has 20 heavy (non-hydrogen) atoms. The Kier molecular flexibility index (Phi) is 4.38. The number of nitrogen functional groups attached to an aromatic ring is 1. The SMILES string of the molecule is CSc1ccc(Oc2cc([N+](=O)[O-])cc(NN)n2)cc1. The Morgan fingerprint density at radius 2 is 2.05 bits per heavy atom. The van der Waals surface area contributed by atoms with E-state index in [0.717, 1.165) is 4.90 Å². The van der Waals surface area contributed by atoms with Crippen LogP contribution in [0.15, 0.2) is 41.3 Å². The van der Waals surface area contributed by atoms with Crippen LogP contribution in [0.2, 0.25) is 0 Å². The standard InChI is InChI=1S/C12H12N4O3S/c1-20-10-4-2-9(3-5-10)19-12-7-8(16(17)18)6-11(14-12)15-13/h2-7H,13H2,1H3,(H,14,15). The molecule has 8 heteroatoms. The van der Waals surface area contributed by atoms with Crippen molar-refractivity contribution < 1.29 is 9.66 Å². The molecule has 0 aliphatic carbocycles. The normalized spacial score (nSPS) is 10.1. The minimum atomic E-state index is -0.536. The molecule has 0 saturated carbocycles. The Bertz CT molecular complexity index is 619. The van der Waals surface area contributed by atoms with Gasteiger partial charge in [0.15, 0.2) is 5.82 Å². The number of rotatable bonds is 5. The van der Waals surface area contributed by atoms with Gasteiger partial charge in [0.05, 0.1) is 17.1 Å². The minimum Gasteiger partial charge on any atom is -0.439 e. The minimum absolute atomic E-state index is 0.101. The van der Waals surface area contributed by atoms with Crippen LogP contribution in [-0.2, 0) is 0 Å². The lowest BCUT2D eigenvalue weighted by molar-refractivity contribution is -0.384. The summed E-state index contributed by atoms with van der Waals surface area (Å²) in [6.45, 7) is 0. The molecule has 0 spiro atoms. The Morgan fingerprint density at radius 3 is 2.60 bits per heavy atom. The molecule has 0 fully saturated rings. The summed E-state index contributed by atoms with van der Waals surface area (Å²) in [6.07, 6.45) is 1.97. The molecule has 0 bridgehead atoms. The Hall–Kier alpha value is -2.32. The van der Waals surface area contributed by atoms with Gasteiger partial charge in [-0.2, -0.15) is 4.98 Å². The van der Waals surface area contributed by atoms with Crippen molar-refractivity contribution in [2.75, 3.05) is 11.7 Å². The third-order valence-corrected chi connectivity index (χ3v) is 3.17. The molecule has 1 aromatic heterocycles. The highest BCUT2D eigenvalue weighted by Gasteiger charge is 2.12. The van der Waals surface area contributed by atoms with E-state index in [1.54, 1.807) is 23.9 Å². The van der Waals surface area contributed by atoms with Crippen molar-refractivity contribution >= 4 is 23.3 Å². The maximum atomic E-state index is 10.8. The Morgan fingerprint density at radius 1 is 1.35 bits per heavy atom. The van der Waals surface area contributed by atoms with Crippen LogP contribution in [0.5, 0.6) is 11.6 Å². The van der Waals surface area contributed by atoms with Gasteiger partial charge in [0.25, 0.3) is 5.69 Å². The molecule has 0 radical (unpaired) electrons. The van der Waals surface area contributed by atoms with E-state index < -0.39 is 4.92 Å². The number of hydrogen-bond donors (Lipinski definition) is 2. The van der Waals surface area contributed by atoms with Crippen molar-refractivity contribution in [2.45, 2.75) is 4.90 Å². The molecule has 1 aromatic carbocycles. The highest BCUT2D eigenvalue weighted by atomic mass is 32.2. The number of thioether (sulfide) groups is 1. The summed E-state index contributed by atoms with van der Waals surface area (Å²) < 4.78 is 5.49. The zero-order chi connectivity index (χ0) is 14.5. The highest BCUT2D eigenvalue weighted by molar-refractivity contribution is 7.98. The largest absolute Gasteiger partial charge is 0.439 e. The van der Waals surface area contributed by atoms with E-state index in [0.29, 0.717) is 5.75 Å². The van der Waals surface area contributed by atoms with E-state index in [-0.39, 0.29) is 17.4 Å². The molecule has 0 amide bonds. The predicted molar refractivity (Wildman–Crippen MR) is 77.0 cm³/mol. The van der Waals surface area contributed by atoms with E-state index >= 15 is 0 Å². The average Bonchev–Trinajstić information content (AvgIpc) is 2.47. The number of nitro groups is 1. The molecule has 0 saturated heterocycles. The van der Waals surface area contributed by atoms with Gasteiger partial charge in [-0.15, -0.1) is 11.8 Å². The van der Waals surface area contributed by atoms with Crippen LogP contribution in [0.25, 0.3) is 0 Å². The molecule has 7 nitrogen and oxygen atoms in total. The summed E-state index contributed by atoms with van der Waals surface area (Å²) in [7, 11) is 0. The third-order valence-electron chi connectivity index (χ3n) is 2.43. The van der Waals surface area contributed by atoms with E-state index in [1.165, 1.54) is 12.1 Å². The number of hydrazine groups is 1. The van der Waals surface area contributed by atoms with Gasteiger partial charge in [-0.05, 0) is 30.5 Å². The summed E-state index contributed by atoms with van der Waals surface area (Å²) in [4.78, 5) is 15.4. The first-order valence-corrected chi connectivity index (χ1v) is 6.80. The maximum absolute atomic E-state index is 10.8. The van der Waals surface area contributed by atoms with Gasteiger partial charge in [0, 0.05) is 4.90 Å². The van der Waals surface area contributed by atoms with Gasteiger partial charge in [-0.1, -0.05) is 0 Å². The molecule has 0 unspecified atom stereocenters. The van der Waals surface area contributed by atoms with Crippen LogP contribution >= 0.6 is 11.8 Å². The van der Waals surface area contributed by atoms with Crippen molar-refractivity contribution in [3.05, 3.63) is 46.5 Å². The van der Waals surface area contributed by atoms with Crippen LogP contribution in [0, 0.1) is 10.1 Å². The van der Waals surface area contributed by atoms with Gasteiger partial charge < -0.3 is 10.2 Å². The van der Waals surface area contributed by atoms with Gasteiger partial charge in [0.1, 0.15) is 5.75 Å². The molecule has 0 atom stereocenters. The maximum Gasteiger partial charge on any atom is 0.278 e. The number of nitrogens with two attached hydrogens (primary N) is 1. The molecule has 3 N–H and O–H groups in total. The summed E-state index contributed by atoms with van der Waals surface area (Å²) in [5, 5.41) is 10.8. The van der Waals surface area contributed by atoms with Crippen LogP contribution in [-0.4, -0.2) is 16.2 Å². The first-order chi connectivity index (χ1) is 9.62. The summed E-state index contributed by atoms with van der Waals surface area (Å²) in [5.74, 6) is 6.03. The first-order valence-electron chi connectivity index (χ1n) is 5.57. The van der Waals surface area contributed by atoms with E-state index in [1.807, 2.05) is 18.4 Å². The number of pyridine rings is 1. The molecule has 2 rings (SSSR count). The molecule has 2 aromatic rings. The molecule has 104 valence electrons. The Labute approximate surface area is 119 Å². The summed E-state index contributed by atoms with van der Waals surface area (Å²) in [5.41, 5.74) is 2.12. The number of nitrogens with one attached hydrogen (secondary N) is 1. The van der Waals surface area contributed by atoms with E-state index in [4.69, 9.17) is 10.6 Å². The second-order valence-electron chi connectivity index (χ2n) is 3.73. The lowest BCUT2D eigenvalue weighted by Gasteiger charge is -2.07. The fourth-order valence-electron chi connectivity index (χ4n) is 1.49. The Balaban J connectivity index is 2.27. The fraction of sp³-hybridized carbons (Fsp3) is 0.0833. The van der Waals surface area contributed by atoms with Crippen molar-refractivity contribution in [3.63, 3.8) is 0 Å². The van der Waals surface area contributed by atoms with E-state index in [9.17, 15) is 10.1 Å². The predicted octanol–water partition coefficient (Wildman–Crippen LogP) is 2.79. The monoisotopic (exact) mass is 292 g/mol. The van der Waals surface area contributed by atoms with Gasteiger partial charge in [0.2, 0.25) is 5.88 Å². The quantitative estimate of drug-likeness (QED) is 0.378. The van der Waals surface area contributed by atoms with Crippen LogP contribution < -0.4 is 16.0 Å². The summed E-state index contributed by atoms with van der Waals surface area (Å²) >= 11 is 1.61. The summed E-state index contributed by atoms with van der Waals surface area (Å²) in [6, 6.07) is 9.77. The van der Waals surface area contributed by atoms with Crippen LogP contribution in [0.4, 0.5) is 11.5 Å². The van der Waals surface area contributed by atoms with Gasteiger partial charge in [-0.25, -0.2) is 5.84 Å². The van der Waals surface area contributed by atoms with Crippen molar-refractivity contribution in [2.24, 2.45) is 5.84 Å². The van der Waals surface area contributed by atoms with Crippen LogP contribution in [0.1, 0.15) is 0 Å².